The molecule has 0 fully saturated rings. The first-order valence-corrected chi connectivity index (χ1v) is 5.78. The molecule has 0 radical (unpaired) electrons. The highest BCUT2D eigenvalue weighted by Crippen LogP contribution is 2.11. The van der Waals surface area contributed by atoms with E-state index in [0.717, 1.165) is 5.56 Å². The summed E-state index contributed by atoms with van der Waals surface area (Å²) in [6, 6.07) is 7.10. The molecule has 0 atom stereocenters. The van der Waals surface area contributed by atoms with Gasteiger partial charge in [-0.25, -0.2) is 0 Å². The Morgan fingerprint density at radius 2 is 2.06 bits per heavy atom. The minimum absolute atomic E-state index is 0.0767. The number of nitrogens with two attached hydrogens (primary N) is 1. The van der Waals surface area contributed by atoms with Crippen LogP contribution in [0.15, 0.2) is 30.3 Å². The van der Waals surface area contributed by atoms with Gasteiger partial charge in [-0.05, 0) is 11.6 Å². The molecule has 1 aromatic carbocycles. The van der Waals surface area contributed by atoms with E-state index in [1.807, 2.05) is 18.2 Å². The Bertz CT molecular complexity index is 427. The molecule has 1 amide bonds. The molecule has 0 aliphatic heterocycles. The summed E-state index contributed by atoms with van der Waals surface area (Å²) in [4.78, 5) is 21.8. The van der Waals surface area contributed by atoms with E-state index in [9.17, 15) is 9.59 Å². The molecular formula is C12H13NO2S. The first-order valence-electron chi connectivity index (χ1n) is 4.80. The second kappa shape index (κ2) is 6.12. The number of benzene rings is 1. The number of hydrogen-bond acceptors (Lipinski definition) is 3. The second-order valence-corrected chi connectivity index (χ2v) is 4.35. The lowest BCUT2D eigenvalue weighted by Gasteiger charge is -2.00. The van der Waals surface area contributed by atoms with Gasteiger partial charge >= 0.3 is 0 Å². The number of carbonyl (C=O) groups excluding carboxylic acids is 2. The van der Waals surface area contributed by atoms with Gasteiger partial charge in [0.2, 0.25) is 5.91 Å². The minimum atomic E-state index is -0.445. The number of rotatable bonds is 4. The molecule has 2 N–H and O–H groups in total. The van der Waals surface area contributed by atoms with E-state index < -0.39 is 5.91 Å². The maximum atomic E-state index is 11.1. The van der Waals surface area contributed by atoms with Crippen molar-refractivity contribution in [3.63, 3.8) is 0 Å². The average molecular weight is 235 g/mol. The van der Waals surface area contributed by atoms with Gasteiger partial charge in [0.1, 0.15) is 0 Å². The molecule has 84 valence electrons. The smallest absolute Gasteiger partial charge is 0.249 e. The molecule has 0 bridgehead atoms. The van der Waals surface area contributed by atoms with Crippen LogP contribution in [0.2, 0.25) is 0 Å². The van der Waals surface area contributed by atoms with Crippen LogP contribution in [0, 0.1) is 0 Å². The van der Waals surface area contributed by atoms with E-state index in [2.05, 4.69) is 0 Å². The summed E-state index contributed by atoms with van der Waals surface area (Å²) >= 11 is 1.22. The molecule has 0 unspecified atom stereocenters. The molecule has 3 nitrogen and oxygen atoms in total. The van der Waals surface area contributed by atoms with Crippen LogP contribution in [0.25, 0.3) is 6.08 Å². The summed E-state index contributed by atoms with van der Waals surface area (Å²) in [5.41, 5.74) is 6.50. The molecule has 0 aliphatic carbocycles. The quantitative estimate of drug-likeness (QED) is 0.869. The fourth-order valence-electron chi connectivity index (χ4n) is 1.21. The van der Waals surface area contributed by atoms with Crippen LogP contribution in [0.4, 0.5) is 0 Å². The van der Waals surface area contributed by atoms with Crippen molar-refractivity contribution in [2.45, 2.75) is 6.92 Å². The molecule has 1 aromatic rings. The second-order valence-electron chi connectivity index (χ2n) is 3.16. The van der Waals surface area contributed by atoms with Crippen LogP contribution in [0.1, 0.15) is 22.8 Å². The zero-order valence-corrected chi connectivity index (χ0v) is 9.79. The zero-order valence-electron chi connectivity index (χ0n) is 8.97. The molecule has 4 heteroatoms. The lowest BCUT2D eigenvalue weighted by Crippen LogP contribution is -2.12. The van der Waals surface area contributed by atoms with Crippen LogP contribution in [-0.2, 0) is 4.79 Å². The third kappa shape index (κ3) is 3.90. The van der Waals surface area contributed by atoms with Crippen molar-refractivity contribution in [2.75, 3.05) is 5.75 Å². The van der Waals surface area contributed by atoms with Gasteiger partial charge in [-0.15, -0.1) is 0 Å². The topological polar surface area (TPSA) is 60.2 Å². The first kappa shape index (κ1) is 12.5. The average Bonchev–Trinajstić information content (AvgIpc) is 2.24. The highest BCUT2D eigenvalue weighted by molar-refractivity contribution is 8.13. The molecule has 0 saturated heterocycles. The summed E-state index contributed by atoms with van der Waals surface area (Å²) in [7, 11) is 0. The predicted octanol–water partition coefficient (Wildman–Crippen LogP) is 2.08. The number of hydrogen-bond donors (Lipinski definition) is 1. The van der Waals surface area contributed by atoms with E-state index >= 15 is 0 Å². The summed E-state index contributed by atoms with van der Waals surface area (Å²) in [5.74, 6) is 0.155. The van der Waals surface area contributed by atoms with Crippen molar-refractivity contribution in [1.29, 1.82) is 0 Å². The van der Waals surface area contributed by atoms with Crippen molar-refractivity contribution in [1.82, 2.24) is 0 Å². The van der Waals surface area contributed by atoms with Crippen LogP contribution in [-0.4, -0.2) is 16.8 Å². The monoisotopic (exact) mass is 235 g/mol. The summed E-state index contributed by atoms with van der Waals surface area (Å²) in [6.45, 7) is 1.52. The van der Waals surface area contributed by atoms with E-state index in [4.69, 9.17) is 5.73 Å². The number of primary amides is 1. The predicted molar refractivity (Wildman–Crippen MR) is 67.1 cm³/mol. The highest BCUT2D eigenvalue weighted by Gasteiger charge is 2.03. The van der Waals surface area contributed by atoms with Crippen LogP contribution in [0.3, 0.4) is 0 Å². The Kier molecular flexibility index (Phi) is 4.79. The summed E-state index contributed by atoms with van der Waals surface area (Å²) < 4.78 is 0. The van der Waals surface area contributed by atoms with Crippen molar-refractivity contribution >= 4 is 28.9 Å². The lowest BCUT2D eigenvalue weighted by molar-refractivity contribution is -0.109. The third-order valence-corrected chi connectivity index (χ3v) is 2.67. The summed E-state index contributed by atoms with van der Waals surface area (Å²) in [5, 5.41) is 0.0767. The molecule has 0 saturated carbocycles. The largest absolute Gasteiger partial charge is 0.366 e. The maximum Gasteiger partial charge on any atom is 0.249 e. The molecule has 0 heterocycles. The molecule has 0 aromatic heterocycles. The fraction of sp³-hybridized carbons (Fsp3) is 0.167. The molecular weight excluding hydrogens is 222 g/mol. The van der Waals surface area contributed by atoms with Crippen LogP contribution >= 0.6 is 11.8 Å². The Morgan fingerprint density at radius 3 is 2.69 bits per heavy atom. The van der Waals surface area contributed by atoms with Crippen molar-refractivity contribution in [3.8, 4) is 0 Å². The lowest BCUT2D eigenvalue weighted by atomic mass is 10.1. The number of thioether (sulfide) groups is 1. The zero-order chi connectivity index (χ0) is 12.0. The Hall–Kier alpha value is -1.55. The molecule has 0 spiro atoms. The third-order valence-electron chi connectivity index (χ3n) is 1.91. The van der Waals surface area contributed by atoms with Gasteiger partial charge in [0, 0.05) is 18.2 Å². The van der Waals surface area contributed by atoms with Gasteiger partial charge in [-0.1, -0.05) is 42.1 Å². The van der Waals surface area contributed by atoms with Gasteiger partial charge in [0.25, 0.3) is 0 Å². The van der Waals surface area contributed by atoms with Crippen LogP contribution < -0.4 is 5.73 Å². The van der Waals surface area contributed by atoms with E-state index in [1.54, 1.807) is 18.2 Å². The fourth-order valence-corrected chi connectivity index (χ4v) is 1.63. The van der Waals surface area contributed by atoms with Gasteiger partial charge in [-0.3, -0.25) is 9.59 Å². The van der Waals surface area contributed by atoms with Gasteiger partial charge in [0.15, 0.2) is 5.12 Å². The standard InChI is InChI=1S/C12H13NO2S/c1-9(14)16-8-4-6-10-5-2-3-7-11(10)12(13)15/h2-7H,8H2,1H3,(H2,13,15). The Morgan fingerprint density at radius 1 is 1.38 bits per heavy atom. The highest BCUT2D eigenvalue weighted by atomic mass is 32.2. The van der Waals surface area contributed by atoms with E-state index in [-0.39, 0.29) is 5.12 Å². The number of amides is 1. The van der Waals surface area contributed by atoms with Crippen molar-refractivity contribution in [2.24, 2.45) is 5.73 Å². The van der Waals surface area contributed by atoms with E-state index in [0.29, 0.717) is 11.3 Å². The number of carbonyl (C=O) groups is 2. The van der Waals surface area contributed by atoms with Crippen LogP contribution in [0.5, 0.6) is 0 Å². The van der Waals surface area contributed by atoms with E-state index in [1.165, 1.54) is 18.7 Å². The maximum absolute atomic E-state index is 11.1. The van der Waals surface area contributed by atoms with Crippen molar-refractivity contribution < 1.29 is 9.59 Å². The molecule has 0 aliphatic rings. The van der Waals surface area contributed by atoms with Gasteiger partial charge < -0.3 is 5.73 Å². The van der Waals surface area contributed by atoms with Gasteiger partial charge in [-0.2, -0.15) is 0 Å². The molecule has 16 heavy (non-hydrogen) atoms. The van der Waals surface area contributed by atoms with Gasteiger partial charge in [0.05, 0.1) is 0 Å². The first-order chi connectivity index (χ1) is 7.61. The van der Waals surface area contributed by atoms with Crippen molar-refractivity contribution in [3.05, 3.63) is 41.5 Å². The normalized spacial score (nSPS) is 10.6. The SMILES string of the molecule is CC(=O)SCC=Cc1ccccc1C(N)=O. The Labute approximate surface area is 98.7 Å². The minimum Gasteiger partial charge on any atom is -0.366 e. The Balaban J connectivity index is 2.73. The molecule has 1 rings (SSSR count). The summed E-state index contributed by atoms with van der Waals surface area (Å²) in [6.07, 6.45) is 3.64.